The third-order valence-corrected chi connectivity index (χ3v) is 5.20. The summed E-state index contributed by atoms with van der Waals surface area (Å²) in [4.78, 5) is 0. The van der Waals surface area contributed by atoms with Crippen LogP contribution < -0.4 is 4.74 Å². The van der Waals surface area contributed by atoms with E-state index in [0.29, 0.717) is 6.61 Å². The van der Waals surface area contributed by atoms with E-state index < -0.39 is 0 Å². The molecule has 1 aliphatic heterocycles. The van der Waals surface area contributed by atoms with Crippen LogP contribution in [0.4, 0.5) is 0 Å². The molecule has 0 N–H and O–H groups in total. The molecule has 0 amide bonds. The van der Waals surface area contributed by atoms with E-state index in [1.165, 1.54) is 0 Å². The van der Waals surface area contributed by atoms with Crippen LogP contribution in [0, 0.1) is 5.41 Å². The Balaban J connectivity index is 1.93. The van der Waals surface area contributed by atoms with E-state index in [9.17, 15) is 0 Å². The summed E-state index contributed by atoms with van der Waals surface area (Å²) in [7, 11) is 1.69. The minimum absolute atomic E-state index is 0.0478. The second kappa shape index (κ2) is 5.56. The van der Waals surface area contributed by atoms with Gasteiger partial charge in [0, 0.05) is 0 Å². The number of nitrogens with zero attached hydrogens (tertiary/aromatic N) is 3. The highest BCUT2D eigenvalue weighted by Gasteiger charge is 2.61. The molecule has 130 valence electrons. The van der Waals surface area contributed by atoms with Crippen molar-refractivity contribution in [2.45, 2.75) is 32.4 Å². The summed E-state index contributed by atoms with van der Waals surface area (Å²) >= 11 is 0. The molecule has 1 aliphatic rings. The second-order valence-electron chi connectivity index (χ2n) is 7.63. The fourth-order valence-electron chi connectivity index (χ4n) is 3.58. The van der Waals surface area contributed by atoms with E-state index in [1.54, 1.807) is 7.11 Å². The first-order valence-electron chi connectivity index (χ1n) is 8.54. The van der Waals surface area contributed by atoms with Crippen molar-refractivity contribution in [1.82, 2.24) is 15.0 Å². The number of hydrogen-bond acceptors (Lipinski definition) is 4. The Labute approximate surface area is 147 Å². The van der Waals surface area contributed by atoms with Gasteiger partial charge in [0.2, 0.25) is 0 Å². The summed E-state index contributed by atoms with van der Waals surface area (Å²) in [5.41, 5.74) is 2.64. The molecule has 0 aliphatic carbocycles. The van der Waals surface area contributed by atoms with Crippen LogP contribution in [0.5, 0.6) is 5.75 Å². The summed E-state index contributed by atoms with van der Waals surface area (Å²) in [5.74, 6) is 0.830. The Hall–Kier alpha value is -2.40. The van der Waals surface area contributed by atoms with Crippen molar-refractivity contribution in [3.05, 3.63) is 54.1 Å². The van der Waals surface area contributed by atoms with E-state index in [0.717, 1.165) is 22.3 Å². The zero-order valence-electron chi connectivity index (χ0n) is 15.1. The van der Waals surface area contributed by atoms with E-state index in [2.05, 4.69) is 49.3 Å². The molecule has 2 heterocycles. The van der Waals surface area contributed by atoms with Gasteiger partial charge in [-0.25, -0.2) is 4.68 Å². The zero-order chi connectivity index (χ0) is 17.7. The van der Waals surface area contributed by atoms with Crippen molar-refractivity contribution in [2.24, 2.45) is 5.41 Å². The Bertz CT molecular complexity index is 906. The first kappa shape index (κ1) is 16.1. The maximum Gasteiger partial charge on any atom is 0.123 e. The van der Waals surface area contributed by atoms with Gasteiger partial charge < -0.3 is 9.47 Å². The summed E-state index contributed by atoms with van der Waals surface area (Å²) in [5, 5.41) is 8.85. The topological polar surface area (TPSA) is 52.5 Å². The molecule has 3 aromatic rings. The Morgan fingerprint density at radius 1 is 1.16 bits per heavy atom. The van der Waals surface area contributed by atoms with Crippen LogP contribution >= 0.6 is 0 Å². The predicted octanol–water partition coefficient (Wildman–Crippen LogP) is 3.84. The quantitative estimate of drug-likeness (QED) is 0.679. The maximum atomic E-state index is 6.09. The summed E-state index contributed by atoms with van der Waals surface area (Å²) < 4.78 is 13.5. The average molecular weight is 337 g/mol. The summed E-state index contributed by atoms with van der Waals surface area (Å²) in [6, 6.07) is 16.1. The molecule has 4 rings (SSSR count). The van der Waals surface area contributed by atoms with Crippen molar-refractivity contribution in [3.8, 4) is 5.75 Å². The summed E-state index contributed by atoms with van der Waals surface area (Å²) in [6.45, 7) is 7.34. The van der Waals surface area contributed by atoms with Gasteiger partial charge in [-0.3, -0.25) is 0 Å². The highest BCUT2D eigenvalue weighted by atomic mass is 16.6. The van der Waals surface area contributed by atoms with E-state index >= 15 is 0 Å². The largest absolute Gasteiger partial charge is 0.497 e. The lowest BCUT2D eigenvalue weighted by molar-refractivity contribution is 0.108. The lowest BCUT2D eigenvalue weighted by atomic mass is 9.74. The molecule has 2 aromatic carbocycles. The number of para-hydroxylation sites is 1. The molecular formula is C20H23N3O2. The molecule has 5 heteroatoms. The molecule has 0 radical (unpaired) electrons. The number of hydrogen-bond donors (Lipinski definition) is 0. The van der Waals surface area contributed by atoms with Crippen LogP contribution in [0.25, 0.3) is 11.0 Å². The minimum Gasteiger partial charge on any atom is -0.497 e. The highest BCUT2D eigenvalue weighted by molar-refractivity contribution is 5.74. The van der Waals surface area contributed by atoms with Crippen molar-refractivity contribution >= 4 is 11.0 Å². The van der Waals surface area contributed by atoms with Crippen LogP contribution in [-0.4, -0.2) is 34.3 Å². The fraction of sp³-hybridized carbons (Fsp3) is 0.400. The Kier molecular flexibility index (Phi) is 3.58. The van der Waals surface area contributed by atoms with Crippen molar-refractivity contribution in [1.29, 1.82) is 0 Å². The van der Waals surface area contributed by atoms with Gasteiger partial charge in [-0.2, -0.15) is 0 Å². The van der Waals surface area contributed by atoms with Crippen LogP contribution in [0.2, 0.25) is 0 Å². The van der Waals surface area contributed by atoms with Gasteiger partial charge in [-0.05, 0) is 35.2 Å². The zero-order valence-corrected chi connectivity index (χ0v) is 15.1. The van der Waals surface area contributed by atoms with Crippen molar-refractivity contribution in [2.75, 3.05) is 13.7 Å². The SMILES string of the molecule is COc1cccc([C@@H](n2nnc3ccccc32)[C@]2(C(C)(C)C)CO2)c1. The van der Waals surface area contributed by atoms with Gasteiger partial charge in [0.1, 0.15) is 22.9 Å². The number of epoxide rings is 1. The number of aromatic nitrogens is 3. The molecule has 5 nitrogen and oxygen atoms in total. The first-order chi connectivity index (χ1) is 12.0. The Morgan fingerprint density at radius 3 is 2.60 bits per heavy atom. The normalized spacial score (nSPS) is 21.3. The number of fused-ring (bicyclic) bond motifs is 1. The number of rotatable bonds is 4. The smallest absolute Gasteiger partial charge is 0.123 e. The third kappa shape index (κ3) is 2.50. The van der Waals surface area contributed by atoms with Gasteiger partial charge in [-0.15, -0.1) is 5.10 Å². The van der Waals surface area contributed by atoms with Crippen molar-refractivity contribution in [3.63, 3.8) is 0 Å². The number of methoxy groups -OCH3 is 1. The molecule has 0 bridgehead atoms. The molecule has 0 spiro atoms. The van der Waals surface area contributed by atoms with Gasteiger partial charge in [0.15, 0.2) is 0 Å². The number of benzene rings is 2. The molecule has 2 atom stereocenters. The molecule has 0 unspecified atom stereocenters. The predicted molar refractivity (Wildman–Crippen MR) is 96.8 cm³/mol. The van der Waals surface area contributed by atoms with Crippen molar-refractivity contribution < 1.29 is 9.47 Å². The van der Waals surface area contributed by atoms with Gasteiger partial charge in [0.05, 0.1) is 19.2 Å². The van der Waals surface area contributed by atoms with Gasteiger partial charge in [-0.1, -0.05) is 50.3 Å². The highest BCUT2D eigenvalue weighted by Crippen LogP contribution is 2.54. The fourth-order valence-corrected chi connectivity index (χ4v) is 3.58. The molecule has 1 saturated heterocycles. The number of ether oxygens (including phenoxy) is 2. The van der Waals surface area contributed by atoms with Gasteiger partial charge >= 0.3 is 0 Å². The Morgan fingerprint density at radius 2 is 1.92 bits per heavy atom. The average Bonchev–Trinajstić information content (AvgIpc) is 3.31. The lowest BCUT2D eigenvalue weighted by Crippen LogP contribution is -2.40. The first-order valence-corrected chi connectivity index (χ1v) is 8.54. The van der Waals surface area contributed by atoms with E-state index in [-0.39, 0.29) is 17.1 Å². The minimum atomic E-state index is -0.324. The second-order valence-corrected chi connectivity index (χ2v) is 7.63. The third-order valence-electron chi connectivity index (χ3n) is 5.20. The standard InChI is InChI=1S/C20H23N3O2/c1-19(2,3)20(13-25-20)18(14-8-7-9-15(12-14)24-4)23-17-11-6-5-10-16(17)21-22-23/h5-12,18H,13H2,1-4H3/t18-,20+/m1/s1. The van der Waals surface area contributed by atoms with Crippen LogP contribution in [0.1, 0.15) is 32.4 Å². The van der Waals surface area contributed by atoms with E-state index in [4.69, 9.17) is 9.47 Å². The monoisotopic (exact) mass is 337 g/mol. The van der Waals surface area contributed by atoms with Crippen LogP contribution in [0.15, 0.2) is 48.5 Å². The van der Waals surface area contributed by atoms with E-state index in [1.807, 2.05) is 35.0 Å². The molecular weight excluding hydrogens is 314 g/mol. The van der Waals surface area contributed by atoms with Crippen LogP contribution in [-0.2, 0) is 4.74 Å². The molecule has 0 saturated carbocycles. The van der Waals surface area contributed by atoms with Crippen LogP contribution in [0.3, 0.4) is 0 Å². The summed E-state index contributed by atoms with van der Waals surface area (Å²) in [6.07, 6.45) is 0. The molecule has 1 aromatic heterocycles. The maximum absolute atomic E-state index is 6.09. The lowest BCUT2D eigenvalue weighted by Gasteiger charge is -2.35. The van der Waals surface area contributed by atoms with Gasteiger partial charge in [0.25, 0.3) is 0 Å². The molecule has 1 fully saturated rings. The molecule has 25 heavy (non-hydrogen) atoms.